The molecule has 0 amide bonds. The molecule has 1 spiro atoms. The SMILES string of the molecule is CCOC(=O)C1(C)CC12CNC2. The first-order valence-corrected chi connectivity index (χ1v) is 4.53. The van der Waals surface area contributed by atoms with Crippen molar-refractivity contribution in [3.8, 4) is 0 Å². The van der Waals surface area contributed by atoms with Crippen LogP contribution >= 0.6 is 0 Å². The van der Waals surface area contributed by atoms with E-state index in [1.807, 2.05) is 13.8 Å². The molecule has 3 nitrogen and oxygen atoms in total. The van der Waals surface area contributed by atoms with E-state index in [1.165, 1.54) is 0 Å². The third kappa shape index (κ3) is 0.774. The summed E-state index contributed by atoms with van der Waals surface area (Å²) in [7, 11) is 0. The van der Waals surface area contributed by atoms with Gasteiger partial charge in [0.25, 0.3) is 0 Å². The standard InChI is InChI=1S/C9H15NO2/c1-3-12-7(11)8(2)4-9(8)5-10-6-9/h10H,3-6H2,1-2H3. The molecule has 68 valence electrons. The molecule has 0 aromatic heterocycles. The summed E-state index contributed by atoms with van der Waals surface area (Å²) in [5, 5.41) is 3.21. The maximum Gasteiger partial charge on any atom is 0.312 e. The lowest BCUT2D eigenvalue weighted by molar-refractivity contribution is -0.151. The van der Waals surface area contributed by atoms with Crippen LogP contribution in [0.3, 0.4) is 0 Å². The number of hydrogen-bond donors (Lipinski definition) is 1. The topological polar surface area (TPSA) is 38.3 Å². The molecular weight excluding hydrogens is 154 g/mol. The Labute approximate surface area is 72.5 Å². The molecule has 1 heterocycles. The Hall–Kier alpha value is -0.570. The number of carbonyl (C=O) groups excluding carboxylic acids is 1. The zero-order valence-corrected chi connectivity index (χ0v) is 7.64. The lowest BCUT2D eigenvalue weighted by atomic mass is 9.89. The van der Waals surface area contributed by atoms with Crippen LogP contribution < -0.4 is 5.32 Å². The largest absolute Gasteiger partial charge is 0.466 e. The van der Waals surface area contributed by atoms with Gasteiger partial charge in [0.05, 0.1) is 12.0 Å². The van der Waals surface area contributed by atoms with Gasteiger partial charge in [-0.2, -0.15) is 0 Å². The van der Waals surface area contributed by atoms with Gasteiger partial charge in [-0.15, -0.1) is 0 Å². The van der Waals surface area contributed by atoms with Crippen molar-refractivity contribution in [1.82, 2.24) is 5.32 Å². The van der Waals surface area contributed by atoms with Crippen molar-refractivity contribution in [3.63, 3.8) is 0 Å². The average Bonchev–Trinajstić information content (AvgIpc) is 2.58. The Morgan fingerprint density at radius 1 is 1.58 bits per heavy atom. The number of carbonyl (C=O) groups is 1. The van der Waals surface area contributed by atoms with Crippen LogP contribution in [0.4, 0.5) is 0 Å². The summed E-state index contributed by atoms with van der Waals surface area (Å²) in [4.78, 5) is 11.5. The third-order valence-electron chi connectivity index (χ3n) is 3.39. The quantitative estimate of drug-likeness (QED) is 0.613. The van der Waals surface area contributed by atoms with E-state index in [1.54, 1.807) is 0 Å². The maximum atomic E-state index is 11.5. The molecule has 0 aromatic rings. The maximum absolute atomic E-state index is 11.5. The first-order chi connectivity index (χ1) is 5.65. The molecule has 2 rings (SSSR count). The van der Waals surface area contributed by atoms with Gasteiger partial charge in [0, 0.05) is 18.5 Å². The Kier molecular flexibility index (Phi) is 1.49. The Bertz CT molecular complexity index is 223. The van der Waals surface area contributed by atoms with Crippen LogP contribution in [0.25, 0.3) is 0 Å². The molecule has 1 N–H and O–H groups in total. The second kappa shape index (κ2) is 2.22. The second-order valence-corrected chi connectivity index (χ2v) is 4.11. The smallest absolute Gasteiger partial charge is 0.312 e. The summed E-state index contributed by atoms with van der Waals surface area (Å²) in [6.45, 7) is 6.35. The molecule has 0 radical (unpaired) electrons. The highest BCUT2D eigenvalue weighted by Gasteiger charge is 2.72. The van der Waals surface area contributed by atoms with Crippen molar-refractivity contribution in [2.75, 3.05) is 19.7 Å². The molecular formula is C9H15NO2. The van der Waals surface area contributed by atoms with Gasteiger partial charge in [0.2, 0.25) is 0 Å². The highest BCUT2D eigenvalue weighted by Crippen LogP contribution is 2.66. The molecule has 1 saturated carbocycles. The van der Waals surface area contributed by atoms with Gasteiger partial charge in [-0.3, -0.25) is 4.79 Å². The predicted molar refractivity (Wildman–Crippen MR) is 44.7 cm³/mol. The number of hydrogen-bond acceptors (Lipinski definition) is 3. The molecule has 1 unspecified atom stereocenters. The molecule has 1 aliphatic carbocycles. The Morgan fingerprint density at radius 3 is 2.58 bits per heavy atom. The monoisotopic (exact) mass is 169 g/mol. The van der Waals surface area contributed by atoms with Crippen molar-refractivity contribution in [2.45, 2.75) is 20.3 Å². The number of rotatable bonds is 2. The van der Waals surface area contributed by atoms with E-state index in [-0.39, 0.29) is 16.8 Å². The number of ether oxygens (including phenoxy) is 1. The fraction of sp³-hybridized carbons (Fsp3) is 0.889. The fourth-order valence-corrected chi connectivity index (χ4v) is 2.15. The van der Waals surface area contributed by atoms with Gasteiger partial charge in [0.15, 0.2) is 0 Å². The van der Waals surface area contributed by atoms with Crippen molar-refractivity contribution < 1.29 is 9.53 Å². The van der Waals surface area contributed by atoms with Gasteiger partial charge in [-0.1, -0.05) is 0 Å². The van der Waals surface area contributed by atoms with E-state index in [0.29, 0.717) is 6.61 Å². The molecule has 1 saturated heterocycles. The summed E-state index contributed by atoms with van der Waals surface area (Å²) in [6.07, 6.45) is 1.01. The highest BCUT2D eigenvalue weighted by molar-refractivity contribution is 5.82. The van der Waals surface area contributed by atoms with Crippen molar-refractivity contribution in [2.24, 2.45) is 10.8 Å². The fourth-order valence-electron chi connectivity index (χ4n) is 2.15. The van der Waals surface area contributed by atoms with E-state index < -0.39 is 0 Å². The minimum absolute atomic E-state index is 0.00787. The van der Waals surface area contributed by atoms with Crippen LogP contribution in [0.2, 0.25) is 0 Å². The first-order valence-electron chi connectivity index (χ1n) is 4.53. The zero-order chi connectivity index (χ0) is 8.82. The van der Waals surface area contributed by atoms with Crippen LogP contribution in [0.5, 0.6) is 0 Å². The summed E-state index contributed by atoms with van der Waals surface area (Å²) in [6, 6.07) is 0. The lowest BCUT2D eigenvalue weighted by Crippen LogP contribution is -2.48. The van der Waals surface area contributed by atoms with Gasteiger partial charge >= 0.3 is 5.97 Å². The van der Waals surface area contributed by atoms with Gasteiger partial charge < -0.3 is 10.1 Å². The molecule has 3 heteroatoms. The van der Waals surface area contributed by atoms with Crippen molar-refractivity contribution in [3.05, 3.63) is 0 Å². The highest BCUT2D eigenvalue weighted by atomic mass is 16.5. The zero-order valence-electron chi connectivity index (χ0n) is 7.64. The lowest BCUT2D eigenvalue weighted by Gasteiger charge is -2.31. The number of esters is 1. The minimum Gasteiger partial charge on any atom is -0.466 e. The predicted octanol–water partition coefficient (Wildman–Crippen LogP) is 0.549. The van der Waals surface area contributed by atoms with E-state index >= 15 is 0 Å². The average molecular weight is 169 g/mol. The van der Waals surface area contributed by atoms with E-state index in [9.17, 15) is 4.79 Å². The molecule has 0 aromatic carbocycles. The molecule has 1 aliphatic heterocycles. The van der Waals surface area contributed by atoms with Crippen LogP contribution in [0.15, 0.2) is 0 Å². The van der Waals surface area contributed by atoms with E-state index in [2.05, 4.69) is 5.32 Å². The van der Waals surface area contributed by atoms with Gasteiger partial charge in [-0.25, -0.2) is 0 Å². The molecule has 2 fully saturated rings. The van der Waals surface area contributed by atoms with Crippen LogP contribution in [-0.2, 0) is 9.53 Å². The molecule has 0 bridgehead atoms. The molecule has 1 atom stereocenters. The van der Waals surface area contributed by atoms with Crippen LogP contribution in [-0.4, -0.2) is 25.7 Å². The van der Waals surface area contributed by atoms with Crippen molar-refractivity contribution >= 4 is 5.97 Å². The summed E-state index contributed by atoms with van der Waals surface area (Å²) < 4.78 is 5.03. The van der Waals surface area contributed by atoms with E-state index in [0.717, 1.165) is 19.5 Å². The number of nitrogens with one attached hydrogen (secondary N) is 1. The molecule has 12 heavy (non-hydrogen) atoms. The van der Waals surface area contributed by atoms with Gasteiger partial charge in [-0.05, 0) is 20.3 Å². The van der Waals surface area contributed by atoms with Gasteiger partial charge in [0.1, 0.15) is 0 Å². The summed E-state index contributed by atoms with van der Waals surface area (Å²) >= 11 is 0. The summed E-state index contributed by atoms with van der Waals surface area (Å²) in [5.41, 5.74) is 0.0908. The minimum atomic E-state index is -0.172. The molecule has 2 aliphatic rings. The Balaban J connectivity index is 2.00. The normalized spacial score (nSPS) is 35.8. The van der Waals surface area contributed by atoms with Crippen molar-refractivity contribution in [1.29, 1.82) is 0 Å². The third-order valence-corrected chi connectivity index (χ3v) is 3.39. The van der Waals surface area contributed by atoms with Crippen LogP contribution in [0.1, 0.15) is 20.3 Å². The van der Waals surface area contributed by atoms with Crippen LogP contribution in [0, 0.1) is 10.8 Å². The van der Waals surface area contributed by atoms with E-state index in [4.69, 9.17) is 4.74 Å². The second-order valence-electron chi connectivity index (χ2n) is 4.11. The first kappa shape index (κ1) is 8.05. The summed E-state index contributed by atoms with van der Waals surface area (Å²) in [5.74, 6) is -0.00787. The Morgan fingerprint density at radius 2 is 2.25 bits per heavy atom.